The van der Waals surface area contributed by atoms with E-state index in [0.29, 0.717) is 0 Å². The van der Waals surface area contributed by atoms with Gasteiger partial charge in [0.1, 0.15) is 0 Å². The van der Waals surface area contributed by atoms with Crippen molar-refractivity contribution in [2.45, 2.75) is 6.92 Å². The Labute approximate surface area is 95.6 Å². The minimum atomic E-state index is 0.0653. The van der Waals surface area contributed by atoms with Crippen LogP contribution in [0, 0.1) is 0 Å². The van der Waals surface area contributed by atoms with Crippen LogP contribution in [-0.2, 0) is 0 Å². The van der Waals surface area contributed by atoms with Crippen molar-refractivity contribution >= 4 is 17.3 Å². The first-order valence-electron chi connectivity index (χ1n) is 5.60. The molecule has 1 heterocycles. The highest BCUT2D eigenvalue weighted by molar-refractivity contribution is 6.02. The molecule has 1 aromatic carbocycles. The molecule has 0 atom stereocenters. The summed E-state index contributed by atoms with van der Waals surface area (Å²) in [5, 5.41) is 6.56. The van der Waals surface area contributed by atoms with Gasteiger partial charge in [0.05, 0.1) is 16.9 Å². The second-order valence-electron chi connectivity index (χ2n) is 3.90. The standard InChI is InChI=1S/C12H17N3O/c1-3-15(2)12(16)9-5-4-6-10-11(9)14-8-7-13-10/h4-6,13-14H,3,7-8H2,1-2H3. The van der Waals surface area contributed by atoms with Crippen molar-refractivity contribution < 1.29 is 4.79 Å². The molecule has 1 aliphatic rings. The summed E-state index contributed by atoms with van der Waals surface area (Å²) in [4.78, 5) is 13.8. The molecule has 2 N–H and O–H groups in total. The van der Waals surface area contributed by atoms with Crippen molar-refractivity contribution in [2.75, 3.05) is 37.3 Å². The lowest BCUT2D eigenvalue weighted by Gasteiger charge is -2.24. The fraction of sp³-hybridized carbons (Fsp3) is 0.417. The number of carbonyl (C=O) groups excluding carboxylic acids is 1. The Bertz CT molecular complexity index is 403. The molecule has 1 aromatic rings. The largest absolute Gasteiger partial charge is 0.382 e. The second kappa shape index (κ2) is 4.43. The van der Waals surface area contributed by atoms with Gasteiger partial charge in [0.25, 0.3) is 5.91 Å². The molecule has 16 heavy (non-hydrogen) atoms. The highest BCUT2D eigenvalue weighted by atomic mass is 16.2. The van der Waals surface area contributed by atoms with Gasteiger partial charge in [-0.25, -0.2) is 0 Å². The molecule has 0 aromatic heterocycles. The third-order valence-electron chi connectivity index (χ3n) is 2.86. The Morgan fingerprint density at radius 2 is 2.12 bits per heavy atom. The fourth-order valence-electron chi connectivity index (χ4n) is 1.80. The first-order chi connectivity index (χ1) is 7.74. The Morgan fingerprint density at radius 3 is 2.88 bits per heavy atom. The van der Waals surface area contributed by atoms with Crippen molar-refractivity contribution in [3.8, 4) is 0 Å². The molecule has 4 heteroatoms. The minimum absolute atomic E-state index is 0.0653. The van der Waals surface area contributed by atoms with Gasteiger partial charge in [-0.2, -0.15) is 0 Å². The van der Waals surface area contributed by atoms with Gasteiger partial charge >= 0.3 is 0 Å². The van der Waals surface area contributed by atoms with Crippen LogP contribution in [0.2, 0.25) is 0 Å². The van der Waals surface area contributed by atoms with Crippen molar-refractivity contribution in [1.82, 2.24) is 4.90 Å². The predicted octanol–water partition coefficient (Wildman–Crippen LogP) is 1.62. The van der Waals surface area contributed by atoms with Crippen LogP contribution in [0.15, 0.2) is 18.2 Å². The van der Waals surface area contributed by atoms with E-state index in [4.69, 9.17) is 0 Å². The lowest BCUT2D eigenvalue weighted by atomic mass is 10.1. The third-order valence-corrected chi connectivity index (χ3v) is 2.86. The Balaban J connectivity index is 2.37. The topological polar surface area (TPSA) is 44.4 Å². The lowest BCUT2D eigenvalue weighted by Crippen LogP contribution is -2.29. The Hall–Kier alpha value is -1.71. The number of anilines is 2. The van der Waals surface area contributed by atoms with Crippen molar-refractivity contribution in [1.29, 1.82) is 0 Å². The van der Waals surface area contributed by atoms with Crippen LogP contribution in [0.4, 0.5) is 11.4 Å². The monoisotopic (exact) mass is 219 g/mol. The summed E-state index contributed by atoms with van der Waals surface area (Å²) in [7, 11) is 1.82. The van der Waals surface area contributed by atoms with Gasteiger partial charge in [-0.1, -0.05) is 6.07 Å². The molecule has 0 spiro atoms. The number of carbonyl (C=O) groups is 1. The van der Waals surface area contributed by atoms with Crippen LogP contribution in [0.3, 0.4) is 0 Å². The molecule has 0 unspecified atom stereocenters. The molecule has 0 radical (unpaired) electrons. The molecular weight excluding hydrogens is 202 g/mol. The van der Waals surface area contributed by atoms with Gasteiger partial charge in [-0.15, -0.1) is 0 Å². The lowest BCUT2D eigenvalue weighted by molar-refractivity contribution is 0.0803. The highest BCUT2D eigenvalue weighted by Crippen LogP contribution is 2.28. The van der Waals surface area contributed by atoms with E-state index in [-0.39, 0.29) is 5.91 Å². The molecule has 2 rings (SSSR count). The van der Waals surface area contributed by atoms with Gasteiger partial charge in [0.15, 0.2) is 0 Å². The van der Waals surface area contributed by atoms with Gasteiger partial charge in [0.2, 0.25) is 0 Å². The van der Waals surface area contributed by atoms with Crippen LogP contribution >= 0.6 is 0 Å². The molecule has 0 saturated carbocycles. The van der Waals surface area contributed by atoms with Crippen LogP contribution in [0.25, 0.3) is 0 Å². The van der Waals surface area contributed by atoms with Crippen LogP contribution in [-0.4, -0.2) is 37.5 Å². The summed E-state index contributed by atoms with van der Waals surface area (Å²) in [5.74, 6) is 0.0653. The van der Waals surface area contributed by atoms with Crippen LogP contribution in [0.5, 0.6) is 0 Å². The van der Waals surface area contributed by atoms with E-state index < -0.39 is 0 Å². The zero-order valence-electron chi connectivity index (χ0n) is 9.71. The first-order valence-corrected chi connectivity index (χ1v) is 5.60. The maximum absolute atomic E-state index is 12.1. The van der Waals surface area contributed by atoms with Crippen LogP contribution < -0.4 is 10.6 Å². The number of nitrogens with one attached hydrogen (secondary N) is 2. The number of hydrogen-bond donors (Lipinski definition) is 2. The van der Waals surface area contributed by atoms with Gasteiger partial charge in [0, 0.05) is 26.7 Å². The zero-order valence-corrected chi connectivity index (χ0v) is 9.71. The summed E-state index contributed by atoms with van der Waals surface area (Å²) >= 11 is 0. The fourth-order valence-corrected chi connectivity index (χ4v) is 1.80. The molecule has 0 fully saturated rings. The molecular formula is C12H17N3O. The van der Waals surface area contributed by atoms with Gasteiger partial charge in [-0.05, 0) is 19.1 Å². The average molecular weight is 219 g/mol. The van der Waals surface area contributed by atoms with E-state index in [1.165, 1.54) is 0 Å². The summed E-state index contributed by atoms with van der Waals surface area (Å²) < 4.78 is 0. The van der Waals surface area contributed by atoms with Gasteiger partial charge < -0.3 is 15.5 Å². The van der Waals surface area contributed by atoms with E-state index >= 15 is 0 Å². The van der Waals surface area contributed by atoms with Crippen molar-refractivity contribution in [3.05, 3.63) is 23.8 Å². The maximum atomic E-state index is 12.1. The third kappa shape index (κ3) is 1.83. The molecule has 1 amide bonds. The molecule has 86 valence electrons. The summed E-state index contributed by atoms with van der Waals surface area (Å²) in [6.45, 7) is 4.44. The number of amides is 1. The molecule has 0 bridgehead atoms. The SMILES string of the molecule is CCN(C)C(=O)c1cccc2c1NCCN2. The molecule has 4 nitrogen and oxygen atoms in total. The summed E-state index contributed by atoms with van der Waals surface area (Å²) in [5.41, 5.74) is 2.69. The number of nitrogens with zero attached hydrogens (tertiary/aromatic N) is 1. The van der Waals surface area contributed by atoms with Crippen molar-refractivity contribution in [3.63, 3.8) is 0 Å². The Kier molecular flexibility index (Phi) is 2.99. The minimum Gasteiger partial charge on any atom is -0.382 e. The summed E-state index contributed by atoms with van der Waals surface area (Å²) in [6, 6.07) is 5.77. The zero-order chi connectivity index (χ0) is 11.5. The van der Waals surface area contributed by atoms with E-state index in [0.717, 1.165) is 36.6 Å². The van der Waals surface area contributed by atoms with Crippen molar-refractivity contribution in [2.24, 2.45) is 0 Å². The second-order valence-corrected chi connectivity index (χ2v) is 3.90. The predicted molar refractivity (Wildman–Crippen MR) is 66.1 cm³/mol. The van der Waals surface area contributed by atoms with E-state index in [9.17, 15) is 4.79 Å². The normalized spacial score (nSPS) is 13.4. The smallest absolute Gasteiger partial charge is 0.255 e. The number of rotatable bonds is 2. The number of fused-ring (bicyclic) bond motifs is 1. The maximum Gasteiger partial charge on any atom is 0.255 e. The number of hydrogen-bond acceptors (Lipinski definition) is 3. The van der Waals surface area contributed by atoms with E-state index in [2.05, 4.69) is 10.6 Å². The average Bonchev–Trinajstić information content (AvgIpc) is 2.36. The number of benzene rings is 1. The Morgan fingerprint density at radius 1 is 1.38 bits per heavy atom. The first kappa shape index (κ1) is 10.8. The molecule has 1 aliphatic heterocycles. The molecule has 0 aliphatic carbocycles. The highest BCUT2D eigenvalue weighted by Gasteiger charge is 2.18. The molecule has 0 saturated heterocycles. The van der Waals surface area contributed by atoms with Crippen LogP contribution in [0.1, 0.15) is 17.3 Å². The quantitative estimate of drug-likeness (QED) is 0.794. The van der Waals surface area contributed by atoms with E-state index in [1.807, 2.05) is 32.2 Å². The van der Waals surface area contributed by atoms with Gasteiger partial charge in [-0.3, -0.25) is 4.79 Å². The number of para-hydroxylation sites is 1. The van der Waals surface area contributed by atoms with E-state index in [1.54, 1.807) is 4.90 Å². The summed E-state index contributed by atoms with van der Waals surface area (Å²) in [6.07, 6.45) is 0.